The van der Waals surface area contributed by atoms with Crippen molar-refractivity contribution in [1.29, 1.82) is 0 Å². The second-order valence-electron chi connectivity index (χ2n) is 4.24. The number of hydrogen-bond donors (Lipinski definition) is 0. The zero-order valence-corrected chi connectivity index (χ0v) is 13.0. The lowest BCUT2D eigenvalue weighted by Crippen LogP contribution is -2.17. The van der Waals surface area contributed by atoms with Crippen LogP contribution in [0.5, 0.6) is 5.75 Å². The third kappa shape index (κ3) is 5.87. The minimum atomic E-state index is -3.33. The summed E-state index contributed by atoms with van der Waals surface area (Å²) in [5.74, 6) is 0.294. The van der Waals surface area contributed by atoms with E-state index in [9.17, 15) is 9.36 Å². The zero-order chi connectivity index (χ0) is 15.0. The fourth-order valence-electron chi connectivity index (χ4n) is 1.58. The van der Waals surface area contributed by atoms with Crippen LogP contribution in [0.25, 0.3) is 0 Å². The normalized spacial score (nSPS) is 11.3. The lowest BCUT2D eigenvalue weighted by Gasteiger charge is -2.16. The van der Waals surface area contributed by atoms with Gasteiger partial charge < -0.3 is 13.8 Å². The smallest absolute Gasteiger partial charge is 0.338 e. The number of hydrogen-bond acceptors (Lipinski definition) is 5. The minimum Gasteiger partial charge on any atom is -0.486 e. The van der Waals surface area contributed by atoms with Crippen molar-refractivity contribution in [1.82, 2.24) is 0 Å². The maximum Gasteiger partial charge on any atom is 0.338 e. The Morgan fingerprint density at radius 3 is 2.15 bits per heavy atom. The number of carbonyl (C=O) groups excluding carboxylic acids is 1. The Hall–Kier alpha value is -1.16. The topological polar surface area (TPSA) is 61.8 Å². The summed E-state index contributed by atoms with van der Waals surface area (Å²) in [6.45, 7) is 5.72. The van der Waals surface area contributed by atoms with Crippen molar-refractivity contribution in [3.63, 3.8) is 0 Å². The fraction of sp³-hybridized carbons (Fsp3) is 0.500. The summed E-state index contributed by atoms with van der Waals surface area (Å²) in [4.78, 5) is 11.8. The number of rotatable bonds is 9. The average Bonchev–Trinajstić information content (AvgIpc) is 2.38. The van der Waals surface area contributed by atoms with Gasteiger partial charge >= 0.3 is 7.60 Å². The summed E-state index contributed by atoms with van der Waals surface area (Å²) >= 11 is 0. The van der Waals surface area contributed by atoms with Gasteiger partial charge in [0.25, 0.3) is 0 Å². The molecule has 0 heterocycles. The Morgan fingerprint density at radius 1 is 1.10 bits per heavy atom. The Balaban J connectivity index is 2.49. The van der Waals surface area contributed by atoms with E-state index >= 15 is 0 Å². The molecule has 0 aliphatic rings. The lowest BCUT2D eigenvalue weighted by molar-refractivity contribution is -0.118. The van der Waals surface area contributed by atoms with E-state index in [1.165, 1.54) is 0 Å². The summed E-state index contributed by atoms with van der Waals surface area (Å²) < 4.78 is 27.6. The molecule has 0 amide bonds. The van der Waals surface area contributed by atoms with Crippen molar-refractivity contribution in [2.75, 3.05) is 26.0 Å². The van der Waals surface area contributed by atoms with Crippen molar-refractivity contribution < 1.29 is 23.1 Å². The molecule has 1 rings (SSSR count). The first-order valence-electron chi connectivity index (χ1n) is 6.58. The first-order valence-corrected chi connectivity index (χ1v) is 8.31. The SMILES string of the molecule is CCOP(=O)(CC(=O)COc1ccc(C)cc1)OCC. The number of benzene rings is 1. The summed E-state index contributed by atoms with van der Waals surface area (Å²) in [5, 5.41) is 0. The van der Waals surface area contributed by atoms with Crippen LogP contribution >= 0.6 is 7.60 Å². The molecule has 0 fully saturated rings. The van der Waals surface area contributed by atoms with Crippen molar-refractivity contribution in [2.24, 2.45) is 0 Å². The Labute approximate surface area is 119 Å². The lowest BCUT2D eigenvalue weighted by atomic mass is 10.2. The highest BCUT2D eigenvalue weighted by Crippen LogP contribution is 2.47. The van der Waals surface area contributed by atoms with Gasteiger partial charge in [0.15, 0.2) is 5.78 Å². The summed E-state index contributed by atoms with van der Waals surface area (Å²) in [6, 6.07) is 7.36. The van der Waals surface area contributed by atoms with Crippen LogP contribution in [0.1, 0.15) is 19.4 Å². The standard InChI is InChI=1S/C14H21O5P/c1-4-18-20(16,19-5-2)11-13(15)10-17-14-8-6-12(3)7-9-14/h6-9H,4-5,10-11H2,1-3H3. The number of aryl methyl sites for hydroxylation is 1. The summed E-state index contributed by atoms with van der Waals surface area (Å²) in [5.41, 5.74) is 1.11. The van der Waals surface area contributed by atoms with E-state index in [2.05, 4.69) is 0 Å². The van der Waals surface area contributed by atoms with Crippen LogP contribution in [0.2, 0.25) is 0 Å². The van der Waals surface area contributed by atoms with Gasteiger partial charge in [0.05, 0.1) is 13.2 Å². The number of Topliss-reactive ketones (excluding diaryl/α,β-unsaturated/α-hetero) is 1. The van der Waals surface area contributed by atoms with Crippen LogP contribution in [0.4, 0.5) is 0 Å². The third-order valence-corrected chi connectivity index (χ3v) is 4.49. The van der Waals surface area contributed by atoms with Gasteiger partial charge in [0, 0.05) is 0 Å². The monoisotopic (exact) mass is 300 g/mol. The van der Waals surface area contributed by atoms with Gasteiger partial charge in [-0.05, 0) is 32.9 Å². The van der Waals surface area contributed by atoms with Crippen molar-refractivity contribution in [3.8, 4) is 5.75 Å². The molecule has 5 nitrogen and oxygen atoms in total. The average molecular weight is 300 g/mol. The molecular formula is C14H21O5P. The van der Waals surface area contributed by atoms with Crippen LogP contribution in [0, 0.1) is 6.92 Å². The van der Waals surface area contributed by atoms with Crippen LogP contribution in [-0.4, -0.2) is 31.8 Å². The van der Waals surface area contributed by atoms with Crippen LogP contribution in [0.15, 0.2) is 24.3 Å². The second-order valence-corrected chi connectivity index (χ2v) is 6.30. The van der Waals surface area contributed by atoms with Gasteiger partial charge in [0.1, 0.15) is 18.5 Å². The molecule has 0 N–H and O–H groups in total. The van der Waals surface area contributed by atoms with E-state index in [0.29, 0.717) is 5.75 Å². The molecule has 1 aromatic carbocycles. The Morgan fingerprint density at radius 2 is 1.65 bits per heavy atom. The first kappa shape index (κ1) is 16.9. The van der Waals surface area contributed by atoms with Crippen LogP contribution in [-0.2, 0) is 18.4 Å². The number of ketones is 1. The quantitative estimate of drug-likeness (QED) is 0.655. The van der Waals surface area contributed by atoms with E-state index in [4.69, 9.17) is 13.8 Å². The van der Waals surface area contributed by atoms with Crippen LogP contribution < -0.4 is 4.74 Å². The Bertz CT molecular complexity index is 459. The maximum atomic E-state index is 12.2. The molecule has 20 heavy (non-hydrogen) atoms. The fourth-order valence-corrected chi connectivity index (χ4v) is 3.15. The minimum absolute atomic E-state index is 0.146. The predicted molar refractivity (Wildman–Crippen MR) is 77.4 cm³/mol. The van der Waals surface area contributed by atoms with Gasteiger partial charge in [-0.2, -0.15) is 0 Å². The molecule has 0 bridgehead atoms. The highest BCUT2D eigenvalue weighted by atomic mass is 31.2. The number of ether oxygens (including phenoxy) is 1. The van der Waals surface area contributed by atoms with Gasteiger partial charge in [0.2, 0.25) is 0 Å². The highest BCUT2D eigenvalue weighted by molar-refractivity contribution is 7.54. The maximum absolute atomic E-state index is 12.2. The zero-order valence-electron chi connectivity index (χ0n) is 12.1. The predicted octanol–water partition coefficient (Wildman–Crippen LogP) is 3.21. The van der Waals surface area contributed by atoms with Crippen molar-refractivity contribution in [3.05, 3.63) is 29.8 Å². The molecule has 0 saturated heterocycles. The van der Waals surface area contributed by atoms with Gasteiger partial charge in [-0.15, -0.1) is 0 Å². The molecule has 0 spiro atoms. The third-order valence-electron chi connectivity index (χ3n) is 2.44. The molecular weight excluding hydrogens is 279 g/mol. The van der Waals surface area contributed by atoms with Gasteiger partial charge in [-0.3, -0.25) is 9.36 Å². The molecule has 0 aliphatic heterocycles. The highest BCUT2D eigenvalue weighted by Gasteiger charge is 2.27. The van der Waals surface area contributed by atoms with Crippen molar-refractivity contribution >= 4 is 13.4 Å². The van der Waals surface area contributed by atoms with Crippen molar-refractivity contribution in [2.45, 2.75) is 20.8 Å². The van der Waals surface area contributed by atoms with E-state index in [0.717, 1.165) is 5.56 Å². The van der Waals surface area contributed by atoms with E-state index in [-0.39, 0.29) is 31.8 Å². The van der Waals surface area contributed by atoms with E-state index in [1.807, 2.05) is 19.1 Å². The summed E-state index contributed by atoms with van der Waals surface area (Å²) in [6.07, 6.45) is -0.263. The molecule has 0 saturated carbocycles. The molecule has 0 atom stereocenters. The van der Waals surface area contributed by atoms with Crippen LogP contribution in [0.3, 0.4) is 0 Å². The van der Waals surface area contributed by atoms with Gasteiger partial charge in [-0.1, -0.05) is 17.7 Å². The molecule has 1 aromatic rings. The molecule has 6 heteroatoms. The molecule has 0 unspecified atom stereocenters. The summed E-state index contributed by atoms with van der Waals surface area (Å²) in [7, 11) is -3.33. The van der Waals surface area contributed by atoms with Gasteiger partial charge in [-0.25, -0.2) is 0 Å². The van der Waals surface area contributed by atoms with E-state index < -0.39 is 7.60 Å². The molecule has 0 aliphatic carbocycles. The van der Waals surface area contributed by atoms with E-state index in [1.54, 1.807) is 26.0 Å². The Kier molecular flexibility index (Phi) is 6.93. The second kappa shape index (κ2) is 8.20. The molecule has 0 aromatic heterocycles. The molecule has 112 valence electrons. The largest absolute Gasteiger partial charge is 0.486 e. The number of carbonyl (C=O) groups is 1. The molecule has 0 radical (unpaired) electrons. The first-order chi connectivity index (χ1) is 9.49.